The molecule has 0 radical (unpaired) electrons. The zero-order valence-electron chi connectivity index (χ0n) is 19.8. The van der Waals surface area contributed by atoms with Crippen LogP contribution in [0.2, 0.25) is 0 Å². The van der Waals surface area contributed by atoms with E-state index in [-0.39, 0.29) is 18.1 Å². The van der Waals surface area contributed by atoms with Crippen molar-refractivity contribution in [3.8, 4) is 17.6 Å². The van der Waals surface area contributed by atoms with Gasteiger partial charge in [-0.25, -0.2) is 9.79 Å². The molecule has 10 heteroatoms. The maximum Gasteiger partial charge on any atom is 0.335 e. The Morgan fingerprint density at radius 3 is 2.62 bits per heavy atom. The molecule has 0 unspecified atom stereocenters. The highest BCUT2D eigenvalue weighted by atomic mass is 127. The van der Waals surface area contributed by atoms with E-state index in [9.17, 15) is 14.9 Å². The molecule has 1 amide bonds. The highest BCUT2D eigenvalue weighted by molar-refractivity contribution is 14.1. The number of carboxylic acid groups (broad SMARTS) is 1. The number of carbonyl (C=O) groups excluding carboxylic acids is 1. The molecule has 1 aliphatic rings. The summed E-state index contributed by atoms with van der Waals surface area (Å²) >= 11 is 3.38. The van der Waals surface area contributed by atoms with Crippen molar-refractivity contribution in [3.63, 3.8) is 0 Å². The number of methoxy groups -OCH3 is 1. The number of nitriles is 1. The van der Waals surface area contributed by atoms with Crippen molar-refractivity contribution in [1.82, 2.24) is 4.90 Å². The van der Waals surface area contributed by atoms with Crippen molar-refractivity contribution in [1.29, 1.82) is 5.26 Å². The average molecular weight is 625 g/mol. The van der Waals surface area contributed by atoms with E-state index < -0.39 is 5.97 Å². The summed E-state index contributed by atoms with van der Waals surface area (Å²) in [5.41, 5.74) is 2.79. The van der Waals surface area contributed by atoms with Gasteiger partial charge in [0.05, 0.1) is 38.5 Å². The van der Waals surface area contributed by atoms with Gasteiger partial charge in [-0.1, -0.05) is 18.2 Å². The first kappa shape index (κ1) is 26.2. The van der Waals surface area contributed by atoms with E-state index >= 15 is 0 Å². The number of amidine groups is 1. The topological polar surface area (TPSA) is 112 Å². The van der Waals surface area contributed by atoms with E-state index in [0.29, 0.717) is 32.8 Å². The molecule has 0 aliphatic carbocycles. The fourth-order valence-corrected chi connectivity index (χ4v) is 5.23. The van der Waals surface area contributed by atoms with Crippen LogP contribution in [0.25, 0.3) is 6.08 Å². The molecule has 1 heterocycles. The van der Waals surface area contributed by atoms with E-state index in [2.05, 4.69) is 33.7 Å². The molecular formula is C27H20IN3O5S. The normalized spacial score (nSPS) is 15.2. The quantitative estimate of drug-likeness (QED) is 0.266. The van der Waals surface area contributed by atoms with Crippen LogP contribution in [-0.4, -0.2) is 41.2 Å². The molecular weight excluding hydrogens is 605 g/mol. The van der Waals surface area contributed by atoms with E-state index in [4.69, 9.17) is 14.6 Å². The lowest BCUT2D eigenvalue weighted by molar-refractivity contribution is -0.121. The number of aromatic carboxylic acids is 1. The third kappa shape index (κ3) is 5.95. The maximum atomic E-state index is 12.9. The largest absolute Gasteiger partial charge is 0.493 e. The van der Waals surface area contributed by atoms with Crippen LogP contribution < -0.4 is 9.47 Å². The van der Waals surface area contributed by atoms with Crippen molar-refractivity contribution in [2.75, 3.05) is 14.2 Å². The molecule has 4 rings (SSSR count). The van der Waals surface area contributed by atoms with E-state index in [1.165, 1.54) is 28.8 Å². The molecule has 1 N–H and O–H groups in total. The van der Waals surface area contributed by atoms with Gasteiger partial charge < -0.3 is 14.6 Å². The van der Waals surface area contributed by atoms with Crippen LogP contribution in [-0.2, 0) is 11.4 Å². The van der Waals surface area contributed by atoms with Crippen molar-refractivity contribution in [2.45, 2.75) is 6.61 Å². The van der Waals surface area contributed by atoms with Crippen LogP contribution >= 0.6 is 34.4 Å². The number of carboxylic acids is 1. The first-order valence-corrected chi connectivity index (χ1v) is 12.8. The van der Waals surface area contributed by atoms with Gasteiger partial charge in [0, 0.05) is 12.6 Å². The lowest BCUT2D eigenvalue weighted by Gasteiger charge is -2.14. The van der Waals surface area contributed by atoms with E-state index in [1.54, 1.807) is 50.6 Å². The van der Waals surface area contributed by atoms with Crippen LogP contribution in [0, 0.1) is 14.9 Å². The Morgan fingerprint density at radius 2 is 1.95 bits per heavy atom. The van der Waals surface area contributed by atoms with Crippen LogP contribution in [0.1, 0.15) is 27.0 Å². The summed E-state index contributed by atoms with van der Waals surface area (Å²) in [6.45, 7) is 0.211. The summed E-state index contributed by atoms with van der Waals surface area (Å²) in [7, 11) is 3.18. The Labute approximate surface area is 231 Å². The minimum Gasteiger partial charge on any atom is -0.493 e. The molecule has 3 aromatic carbocycles. The fourth-order valence-electron chi connectivity index (χ4n) is 3.46. The maximum absolute atomic E-state index is 12.9. The lowest BCUT2D eigenvalue weighted by atomic mass is 10.1. The van der Waals surface area contributed by atoms with Gasteiger partial charge in [0.15, 0.2) is 16.7 Å². The van der Waals surface area contributed by atoms with Crippen molar-refractivity contribution in [3.05, 3.63) is 91.4 Å². The minimum absolute atomic E-state index is 0.165. The van der Waals surface area contributed by atoms with Gasteiger partial charge in [-0.15, -0.1) is 0 Å². The van der Waals surface area contributed by atoms with E-state index in [1.807, 2.05) is 18.2 Å². The van der Waals surface area contributed by atoms with Crippen molar-refractivity contribution in [2.24, 2.45) is 4.99 Å². The van der Waals surface area contributed by atoms with Gasteiger partial charge in [-0.3, -0.25) is 9.69 Å². The molecule has 0 spiro atoms. The summed E-state index contributed by atoms with van der Waals surface area (Å²) in [5, 5.41) is 18.9. The van der Waals surface area contributed by atoms with Gasteiger partial charge in [0.25, 0.3) is 5.91 Å². The Hall–Kier alpha value is -3.82. The molecule has 186 valence electrons. The van der Waals surface area contributed by atoms with Crippen molar-refractivity contribution >= 4 is 63.2 Å². The number of hydrogen-bond donors (Lipinski definition) is 1. The molecule has 1 aliphatic heterocycles. The number of ether oxygens (including phenoxy) is 2. The number of halogens is 1. The molecule has 0 saturated carbocycles. The second kappa shape index (κ2) is 11.5. The van der Waals surface area contributed by atoms with Crippen LogP contribution in [0.5, 0.6) is 11.5 Å². The van der Waals surface area contributed by atoms with Crippen LogP contribution in [0.3, 0.4) is 0 Å². The Balaban J connectivity index is 1.56. The van der Waals surface area contributed by atoms with Gasteiger partial charge >= 0.3 is 5.97 Å². The van der Waals surface area contributed by atoms with Gasteiger partial charge in [0.1, 0.15) is 6.61 Å². The predicted octanol–water partition coefficient (Wildman–Crippen LogP) is 5.68. The summed E-state index contributed by atoms with van der Waals surface area (Å²) in [6, 6.07) is 19.2. The molecule has 1 fully saturated rings. The summed E-state index contributed by atoms with van der Waals surface area (Å²) < 4.78 is 12.4. The number of aliphatic imine (C=N–C) groups is 1. The number of thioether (sulfide) groups is 1. The molecule has 0 aromatic heterocycles. The summed E-state index contributed by atoms with van der Waals surface area (Å²) in [5.74, 6) is -0.161. The van der Waals surface area contributed by atoms with Crippen LogP contribution in [0.4, 0.5) is 5.69 Å². The molecule has 1 saturated heterocycles. The van der Waals surface area contributed by atoms with Crippen LogP contribution in [0.15, 0.2) is 70.6 Å². The molecule has 37 heavy (non-hydrogen) atoms. The van der Waals surface area contributed by atoms with Crippen molar-refractivity contribution < 1.29 is 24.2 Å². The zero-order valence-corrected chi connectivity index (χ0v) is 22.7. The monoisotopic (exact) mass is 625 g/mol. The minimum atomic E-state index is -1.01. The molecule has 3 aromatic rings. The first-order valence-electron chi connectivity index (χ1n) is 10.9. The highest BCUT2D eigenvalue weighted by Crippen LogP contribution is 2.38. The number of likely N-dealkylation sites (N-methyl/N-ethyl adjacent to an activating group) is 1. The number of benzene rings is 3. The van der Waals surface area contributed by atoms with E-state index in [0.717, 1.165) is 14.7 Å². The Morgan fingerprint density at radius 1 is 1.22 bits per heavy atom. The highest BCUT2D eigenvalue weighted by Gasteiger charge is 2.30. The summed E-state index contributed by atoms with van der Waals surface area (Å²) in [6.07, 6.45) is 1.76. The standard InChI is InChI=1S/C27H20IN3O5S/c1-31-25(32)23(37-27(31)30-20-9-7-17(8-10-20)26(33)34)13-16-11-21(28)24(22(12-16)35-2)36-15-19-6-4-3-5-18(19)14-29/h3-13H,15H2,1-2H3,(H,33,34)/b23-13-,30-27?. The molecule has 0 bridgehead atoms. The number of amides is 1. The number of carbonyl (C=O) groups is 2. The Kier molecular flexibility index (Phi) is 8.15. The number of hydrogen-bond acceptors (Lipinski definition) is 7. The van der Waals surface area contributed by atoms with Gasteiger partial charge in [0.2, 0.25) is 0 Å². The molecule has 0 atom stereocenters. The number of rotatable bonds is 7. The molecule has 8 nitrogen and oxygen atoms in total. The third-order valence-electron chi connectivity index (χ3n) is 5.40. The predicted molar refractivity (Wildman–Crippen MR) is 150 cm³/mol. The lowest BCUT2D eigenvalue weighted by Crippen LogP contribution is -2.23. The Bertz CT molecular complexity index is 1480. The smallest absolute Gasteiger partial charge is 0.335 e. The van der Waals surface area contributed by atoms with Gasteiger partial charge in [-0.05, 0) is 88.5 Å². The first-order chi connectivity index (χ1) is 17.8. The third-order valence-corrected chi connectivity index (χ3v) is 7.26. The average Bonchev–Trinajstić information content (AvgIpc) is 3.15. The fraction of sp³-hybridized carbons (Fsp3) is 0.111. The number of nitrogens with zero attached hydrogens (tertiary/aromatic N) is 3. The zero-order chi connectivity index (χ0) is 26.5. The second-order valence-corrected chi connectivity index (χ2v) is 9.98. The SMILES string of the molecule is COc1cc(/C=C2\SC(=Nc3ccc(C(=O)O)cc3)N(C)C2=O)cc(I)c1OCc1ccccc1C#N. The second-order valence-electron chi connectivity index (χ2n) is 7.81. The summed E-state index contributed by atoms with van der Waals surface area (Å²) in [4.78, 5) is 30.4. The van der Waals surface area contributed by atoms with Gasteiger partial charge in [-0.2, -0.15) is 5.26 Å².